The largest absolute Gasteiger partial charge is 0.416 e. The lowest BCUT2D eigenvalue weighted by molar-refractivity contribution is -0.138. The zero-order valence-electron chi connectivity index (χ0n) is 20.6. The van der Waals surface area contributed by atoms with Crippen LogP contribution < -0.4 is 5.32 Å². The van der Waals surface area contributed by atoms with Gasteiger partial charge in [-0.05, 0) is 61.8 Å². The summed E-state index contributed by atoms with van der Waals surface area (Å²) in [4.78, 5) is 14.8. The van der Waals surface area contributed by atoms with Gasteiger partial charge in [-0.3, -0.25) is 4.79 Å². The number of alkyl halides is 3. The highest BCUT2D eigenvalue weighted by atomic mass is 19.4. The molecule has 2 atom stereocenters. The first-order valence-corrected chi connectivity index (χ1v) is 12.6. The standard InChI is InChI=1S/C21H27F3N2O2.C3H8.C2H6/c22-21(23,24)17-3-1-16-13-26(8-5-14(16)11-17)20(27)15-2-4-19(12-15)25-18-6-9-28-10-7-18;1-3-2;1-2/h1,3,11,15,18-19,25H,2,4-10,12-13H2;3H2,1-2H3;1-2H3/t15-,19+;;/m0../s1. The minimum atomic E-state index is -4.32. The summed E-state index contributed by atoms with van der Waals surface area (Å²) < 4.78 is 44.1. The first-order chi connectivity index (χ1) is 15.8. The molecule has 1 aromatic rings. The molecule has 1 saturated heterocycles. The predicted molar refractivity (Wildman–Crippen MR) is 126 cm³/mol. The number of nitrogens with one attached hydrogen (secondary N) is 1. The molecule has 0 spiro atoms. The van der Waals surface area contributed by atoms with Gasteiger partial charge in [0.15, 0.2) is 0 Å². The van der Waals surface area contributed by atoms with E-state index in [1.54, 1.807) is 0 Å². The van der Waals surface area contributed by atoms with Crippen LogP contribution in [0.25, 0.3) is 0 Å². The van der Waals surface area contributed by atoms with Crippen LogP contribution >= 0.6 is 0 Å². The first-order valence-electron chi connectivity index (χ1n) is 12.6. The molecule has 2 aliphatic heterocycles. The fourth-order valence-electron chi connectivity index (χ4n) is 4.73. The molecule has 4 rings (SSSR count). The molecule has 0 aromatic heterocycles. The Morgan fingerprint density at radius 2 is 1.73 bits per heavy atom. The molecule has 0 radical (unpaired) electrons. The molecule has 2 fully saturated rings. The third-order valence-corrected chi connectivity index (χ3v) is 6.33. The summed E-state index contributed by atoms with van der Waals surface area (Å²) in [7, 11) is 0. The van der Waals surface area contributed by atoms with Gasteiger partial charge in [-0.15, -0.1) is 0 Å². The monoisotopic (exact) mass is 470 g/mol. The van der Waals surface area contributed by atoms with Crippen molar-refractivity contribution in [1.82, 2.24) is 10.2 Å². The molecule has 4 nitrogen and oxygen atoms in total. The summed E-state index contributed by atoms with van der Waals surface area (Å²) in [5.41, 5.74) is 0.940. The molecule has 33 heavy (non-hydrogen) atoms. The quantitative estimate of drug-likeness (QED) is 0.592. The average molecular weight is 471 g/mol. The van der Waals surface area contributed by atoms with Crippen molar-refractivity contribution in [2.24, 2.45) is 5.92 Å². The van der Waals surface area contributed by atoms with Gasteiger partial charge in [0.25, 0.3) is 0 Å². The van der Waals surface area contributed by atoms with Crippen molar-refractivity contribution in [1.29, 1.82) is 0 Å². The van der Waals surface area contributed by atoms with Crippen molar-refractivity contribution in [2.75, 3.05) is 19.8 Å². The molecule has 1 aromatic carbocycles. The highest BCUT2D eigenvalue weighted by molar-refractivity contribution is 5.79. The highest BCUT2D eigenvalue weighted by Gasteiger charge is 2.36. The fourth-order valence-corrected chi connectivity index (χ4v) is 4.73. The maximum absolute atomic E-state index is 13.0. The molecule has 0 bridgehead atoms. The Bertz CT molecular complexity index is 733. The van der Waals surface area contributed by atoms with Crippen molar-refractivity contribution >= 4 is 5.91 Å². The Hall–Kier alpha value is -1.60. The van der Waals surface area contributed by atoms with E-state index in [9.17, 15) is 18.0 Å². The Kier molecular flexibility index (Phi) is 11.2. The van der Waals surface area contributed by atoms with Crippen LogP contribution in [0.2, 0.25) is 0 Å². The number of ether oxygens (including phenoxy) is 1. The van der Waals surface area contributed by atoms with E-state index in [0.29, 0.717) is 37.2 Å². The molecule has 2 heterocycles. The van der Waals surface area contributed by atoms with E-state index in [-0.39, 0.29) is 11.8 Å². The van der Waals surface area contributed by atoms with E-state index in [4.69, 9.17) is 4.74 Å². The topological polar surface area (TPSA) is 41.6 Å². The summed E-state index contributed by atoms with van der Waals surface area (Å²) in [5.74, 6) is 0.176. The van der Waals surface area contributed by atoms with Crippen LogP contribution in [-0.4, -0.2) is 42.6 Å². The van der Waals surface area contributed by atoms with Crippen LogP contribution in [0.15, 0.2) is 18.2 Å². The minimum Gasteiger partial charge on any atom is -0.381 e. The number of hydrogen-bond acceptors (Lipinski definition) is 3. The lowest BCUT2D eigenvalue weighted by atomic mass is 9.95. The van der Waals surface area contributed by atoms with Crippen LogP contribution in [-0.2, 0) is 28.7 Å². The minimum absolute atomic E-state index is 0.0216. The van der Waals surface area contributed by atoms with E-state index in [0.717, 1.165) is 56.9 Å². The Morgan fingerprint density at radius 3 is 2.36 bits per heavy atom. The zero-order chi connectivity index (χ0) is 24.4. The normalized spacial score (nSPS) is 23.1. The molecule has 7 heteroatoms. The summed E-state index contributed by atoms with van der Waals surface area (Å²) in [6.07, 6.45) is 2.21. The van der Waals surface area contributed by atoms with Crippen molar-refractivity contribution in [3.05, 3.63) is 34.9 Å². The maximum atomic E-state index is 13.0. The highest BCUT2D eigenvalue weighted by Crippen LogP contribution is 2.33. The second kappa shape index (κ2) is 13.3. The van der Waals surface area contributed by atoms with Crippen molar-refractivity contribution in [2.45, 2.75) is 97.4 Å². The number of amides is 1. The van der Waals surface area contributed by atoms with E-state index >= 15 is 0 Å². The number of benzene rings is 1. The first kappa shape index (κ1) is 27.6. The fraction of sp³-hybridized carbons (Fsp3) is 0.731. The summed E-state index contributed by atoms with van der Waals surface area (Å²) in [6, 6.07) is 4.75. The van der Waals surface area contributed by atoms with Crippen LogP contribution in [0.5, 0.6) is 0 Å². The molecular formula is C26H41F3N2O2. The lowest BCUT2D eigenvalue weighted by Gasteiger charge is -2.31. The molecule has 3 aliphatic rings. The summed E-state index contributed by atoms with van der Waals surface area (Å²) >= 11 is 0. The van der Waals surface area contributed by atoms with Crippen molar-refractivity contribution in [3.63, 3.8) is 0 Å². The molecular weight excluding hydrogens is 429 g/mol. The molecule has 1 amide bonds. The van der Waals surface area contributed by atoms with Crippen molar-refractivity contribution < 1.29 is 22.7 Å². The SMILES string of the molecule is CC.CCC.O=C([C@H]1CC[C@@H](NC2CCOCC2)C1)N1CCc2cc(C(F)(F)F)ccc2C1. The van der Waals surface area contributed by atoms with Gasteiger partial charge >= 0.3 is 6.18 Å². The smallest absolute Gasteiger partial charge is 0.381 e. The predicted octanol–water partition coefficient (Wildman–Crippen LogP) is 5.97. The number of nitrogens with zero attached hydrogens (tertiary/aromatic N) is 1. The number of carbonyl (C=O) groups is 1. The van der Waals surface area contributed by atoms with E-state index in [2.05, 4.69) is 19.2 Å². The van der Waals surface area contributed by atoms with Gasteiger partial charge in [-0.1, -0.05) is 40.2 Å². The number of fused-ring (bicyclic) bond motifs is 1. The van der Waals surface area contributed by atoms with Gasteiger partial charge in [0.2, 0.25) is 5.91 Å². The Morgan fingerprint density at radius 1 is 1.06 bits per heavy atom. The number of rotatable bonds is 3. The molecule has 0 unspecified atom stereocenters. The molecule has 1 aliphatic carbocycles. The summed E-state index contributed by atoms with van der Waals surface area (Å²) in [5, 5.41) is 3.68. The van der Waals surface area contributed by atoms with Gasteiger partial charge in [0.1, 0.15) is 0 Å². The van der Waals surface area contributed by atoms with Gasteiger partial charge < -0.3 is 15.0 Å². The van der Waals surface area contributed by atoms with E-state index in [1.165, 1.54) is 18.6 Å². The third-order valence-electron chi connectivity index (χ3n) is 6.33. The molecule has 1 N–H and O–H groups in total. The molecule has 1 saturated carbocycles. The summed E-state index contributed by atoms with van der Waals surface area (Å²) in [6.45, 7) is 10.8. The zero-order valence-corrected chi connectivity index (χ0v) is 20.6. The Balaban J connectivity index is 0.000000714. The Labute approximate surface area is 197 Å². The number of carbonyl (C=O) groups excluding carboxylic acids is 1. The second-order valence-electron chi connectivity index (χ2n) is 8.96. The van der Waals surface area contributed by atoms with Gasteiger partial charge in [-0.25, -0.2) is 0 Å². The molecule has 188 valence electrons. The number of halogens is 3. The number of hydrogen-bond donors (Lipinski definition) is 1. The van der Waals surface area contributed by atoms with Crippen LogP contribution in [0.4, 0.5) is 13.2 Å². The van der Waals surface area contributed by atoms with Crippen LogP contribution in [0, 0.1) is 5.92 Å². The van der Waals surface area contributed by atoms with Gasteiger partial charge in [0, 0.05) is 44.3 Å². The lowest BCUT2D eigenvalue weighted by Crippen LogP contribution is -2.42. The van der Waals surface area contributed by atoms with E-state index < -0.39 is 11.7 Å². The van der Waals surface area contributed by atoms with Crippen molar-refractivity contribution in [3.8, 4) is 0 Å². The van der Waals surface area contributed by atoms with Gasteiger partial charge in [-0.2, -0.15) is 13.2 Å². The van der Waals surface area contributed by atoms with Crippen LogP contribution in [0.1, 0.15) is 82.9 Å². The van der Waals surface area contributed by atoms with Crippen LogP contribution in [0.3, 0.4) is 0 Å². The maximum Gasteiger partial charge on any atom is 0.416 e. The average Bonchev–Trinajstić information content (AvgIpc) is 3.28. The van der Waals surface area contributed by atoms with E-state index in [1.807, 2.05) is 18.7 Å². The second-order valence-corrected chi connectivity index (χ2v) is 8.96. The third kappa shape index (κ3) is 7.99. The van der Waals surface area contributed by atoms with Gasteiger partial charge in [0.05, 0.1) is 5.56 Å².